The lowest BCUT2D eigenvalue weighted by atomic mass is 9.50. The molecule has 11 atom stereocenters. The van der Waals surface area contributed by atoms with Gasteiger partial charge >= 0.3 is 0 Å². The molecule has 5 rings (SSSR count). The molecule has 0 aromatic heterocycles. The highest BCUT2D eigenvalue weighted by Gasteiger charge is 2.64. The molecule has 39 heavy (non-hydrogen) atoms. The molecule has 0 spiro atoms. The van der Waals surface area contributed by atoms with E-state index >= 15 is 0 Å². The van der Waals surface area contributed by atoms with Gasteiger partial charge in [-0.15, -0.1) is 0 Å². The van der Waals surface area contributed by atoms with Gasteiger partial charge in [0.2, 0.25) is 0 Å². The van der Waals surface area contributed by atoms with Crippen LogP contribution < -0.4 is 0 Å². The number of aliphatic hydroxyl groups is 4. The second-order valence-electron chi connectivity index (χ2n) is 11.7. The van der Waals surface area contributed by atoms with E-state index in [2.05, 4.69) is 11.2 Å². The van der Waals surface area contributed by atoms with Crippen molar-refractivity contribution in [2.45, 2.75) is 62.9 Å². The molecule has 0 saturated heterocycles. The molecule has 10 nitrogen and oxygen atoms in total. The molecule has 5 aliphatic carbocycles. The first kappa shape index (κ1) is 27.9. The molecule has 0 aromatic rings. The Hall–Kier alpha value is -2.66. The maximum atomic E-state index is 14.0. The lowest BCUT2D eigenvalue weighted by Gasteiger charge is -2.56. The van der Waals surface area contributed by atoms with Crippen molar-refractivity contribution < 1.29 is 44.4 Å². The molecule has 0 radical (unpaired) electrons. The molecular weight excluding hydrogens is 506 g/mol. The number of hydrogen-bond acceptors (Lipinski definition) is 10. The first-order chi connectivity index (χ1) is 18.5. The van der Waals surface area contributed by atoms with E-state index in [-0.39, 0.29) is 48.4 Å². The Labute approximate surface area is 227 Å². The van der Waals surface area contributed by atoms with E-state index in [1.807, 2.05) is 6.08 Å². The molecule has 8 unspecified atom stereocenters. The van der Waals surface area contributed by atoms with Crippen LogP contribution in [0.25, 0.3) is 0 Å². The van der Waals surface area contributed by atoms with Gasteiger partial charge in [0.15, 0.2) is 17.2 Å². The van der Waals surface area contributed by atoms with Crippen molar-refractivity contribution in [2.75, 3.05) is 14.2 Å². The Bertz CT molecular complexity index is 1170. The second-order valence-corrected chi connectivity index (χ2v) is 11.7. The molecule has 5 aliphatic rings. The number of fused-ring (bicyclic) bond motifs is 3. The third-order valence-corrected chi connectivity index (χ3v) is 9.90. The van der Waals surface area contributed by atoms with Crippen LogP contribution in [0.4, 0.5) is 0 Å². The zero-order valence-electron chi connectivity index (χ0n) is 22.4. The number of ether oxygens (including phenoxy) is 1. The number of rotatable bonds is 5. The van der Waals surface area contributed by atoms with Gasteiger partial charge in [-0.3, -0.25) is 14.4 Å². The monoisotopic (exact) mass is 543 g/mol. The summed E-state index contributed by atoms with van der Waals surface area (Å²) in [7, 11) is 3.11. The zero-order chi connectivity index (χ0) is 28.2. The largest absolute Gasteiger partial charge is 0.508 e. The van der Waals surface area contributed by atoms with Gasteiger partial charge in [-0.05, 0) is 61.9 Å². The predicted molar refractivity (Wildman–Crippen MR) is 138 cm³/mol. The summed E-state index contributed by atoms with van der Waals surface area (Å²) >= 11 is 0. The number of methoxy groups -OCH3 is 1. The summed E-state index contributed by atoms with van der Waals surface area (Å²) in [6.45, 7) is 1.12. The lowest BCUT2D eigenvalue weighted by Crippen LogP contribution is -2.66. The van der Waals surface area contributed by atoms with Gasteiger partial charge in [0.25, 0.3) is 0 Å². The third kappa shape index (κ3) is 4.32. The van der Waals surface area contributed by atoms with Crippen molar-refractivity contribution in [1.29, 1.82) is 0 Å². The van der Waals surface area contributed by atoms with Gasteiger partial charge in [-0.25, -0.2) is 0 Å². The summed E-state index contributed by atoms with van der Waals surface area (Å²) in [5.74, 6) is -5.70. The minimum Gasteiger partial charge on any atom is -0.508 e. The number of hydrogen-bond donors (Lipinski definition) is 4. The van der Waals surface area contributed by atoms with Crippen molar-refractivity contribution in [1.82, 2.24) is 0 Å². The van der Waals surface area contributed by atoms with E-state index in [1.54, 1.807) is 19.4 Å². The molecule has 2 saturated carbocycles. The van der Waals surface area contributed by atoms with Crippen molar-refractivity contribution in [3.63, 3.8) is 0 Å². The van der Waals surface area contributed by atoms with Crippen LogP contribution in [-0.2, 0) is 24.0 Å². The third-order valence-electron chi connectivity index (χ3n) is 9.90. The number of nitrogens with zero attached hydrogens (tertiary/aromatic N) is 1. The summed E-state index contributed by atoms with van der Waals surface area (Å²) in [5.41, 5.74) is -1.90. The van der Waals surface area contributed by atoms with Crippen molar-refractivity contribution >= 4 is 23.6 Å². The SMILES string of the molecule is CO/N=C/C1=CC(C2C=CC(O)C3C(=O)C4C(O)[C@]5(O)C(O)=C(C(C)=O)C(=O)C[C@@H]5C[C@@H]4CC23)CCC1OC. The normalized spacial score (nSPS) is 44.0. The molecule has 0 amide bonds. The Morgan fingerprint density at radius 2 is 1.87 bits per heavy atom. The van der Waals surface area contributed by atoms with Gasteiger partial charge in [-0.1, -0.05) is 23.4 Å². The van der Waals surface area contributed by atoms with Crippen molar-refractivity contribution in [3.8, 4) is 0 Å². The van der Waals surface area contributed by atoms with Crippen LogP contribution in [0, 0.1) is 41.4 Å². The molecule has 0 aliphatic heterocycles. The maximum Gasteiger partial charge on any atom is 0.170 e. The minimum atomic E-state index is -2.27. The first-order valence-electron chi connectivity index (χ1n) is 13.6. The van der Waals surface area contributed by atoms with Crippen molar-refractivity contribution in [3.05, 3.63) is 35.1 Å². The molecule has 0 bridgehead atoms. The fraction of sp³-hybridized carbons (Fsp3) is 0.655. The summed E-state index contributed by atoms with van der Waals surface area (Å²) in [4.78, 5) is 43.6. The molecule has 4 N–H and O–H groups in total. The Balaban J connectivity index is 1.48. The fourth-order valence-corrected chi connectivity index (χ4v) is 8.15. The molecule has 0 heterocycles. The molecule has 10 heteroatoms. The average Bonchev–Trinajstić information content (AvgIpc) is 2.89. The molecular formula is C29H37NO9. The van der Waals surface area contributed by atoms with Crippen LogP contribution in [0.15, 0.2) is 40.3 Å². The average molecular weight is 544 g/mol. The predicted octanol–water partition coefficient (Wildman–Crippen LogP) is 1.44. The molecule has 2 fully saturated rings. The number of ketones is 3. The maximum absolute atomic E-state index is 14.0. The molecule has 212 valence electrons. The van der Waals surface area contributed by atoms with Gasteiger partial charge in [0.1, 0.15) is 30.3 Å². The van der Waals surface area contributed by atoms with E-state index in [4.69, 9.17) is 9.57 Å². The van der Waals surface area contributed by atoms with E-state index in [0.29, 0.717) is 6.42 Å². The number of aliphatic hydroxyl groups excluding tert-OH is 3. The summed E-state index contributed by atoms with van der Waals surface area (Å²) in [5, 5.41) is 48.7. The van der Waals surface area contributed by atoms with Crippen LogP contribution in [0.2, 0.25) is 0 Å². The summed E-state index contributed by atoms with van der Waals surface area (Å²) < 4.78 is 5.61. The number of oxime groups is 1. The zero-order valence-corrected chi connectivity index (χ0v) is 22.4. The highest BCUT2D eigenvalue weighted by atomic mass is 16.6. The number of carbonyl (C=O) groups excluding carboxylic acids is 3. The van der Waals surface area contributed by atoms with E-state index < -0.39 is 58.5 Å². The fourth-order valence-electron chi connectivity index (χ4n) is 8.15. The van der Waals surface area contributed by atoms with Crippen LogP contribution in [-0.4, -0.2) is 82.1 Å². The summed E-state index contributed by atoms with van der Waals surface area (Å²) in [6, 6.07) is 0. The number of carbonyl (C=O) groups is 3. The Morgan fingerprint density at radius 1 is 1.13 bits per heavy atom. The topological polar surface area (TPSA) is 163 Å². The highest BCUT2D eigenvalue weighted by Crippen LogP contribution is 2.57. The van der Waals surface area contributed by atoms with E-state index in [0.717, 1.165) is 25.3 Å². The minimum absolute atomic E-state index is 0.0575. The second kappa shape index (κ2) is 10.4. The Kier molecular flexibility index (Phi) is 7.43. The van der Waals surface area contributed by atoms with Crippen LogP contribution in [0.3, 0.4) is 0 Å². The smallest absolute Gasteiger partial charge is 0.170 e. The molecule has 0 aromatic carbocycles. The highest BCUT2D eigenvalue weighted by molar-refractivity contribution is 6.20. The number of Topliss-reactive ketones (excluding diaryl/α,β-unsaturated/α-hetero) is 3. The number of allylic oxidation sites excluding steroid dienone is 3. The quantitative estimate of drug-likeness (QED) is 0.174. The van der Waals surface area contributed by atoms with Gasteiger partial charge in [0.05, 0.1) is 30.3 Å². The van der Waals surface area contributed by atoms with E-state index in [9.17, 15) is 34.8 Å². The summed E-state index contributed by atoms with van der Waals surface area (Å²) in [6.07, 6.45) is 6.59. The Morgan fingerprint density at radius 3 is 2.54 bits per heavy atom. The van der Waals surface area contributed by atoms with Crippen LogP contribution >= 0.6 is 0 Å². The van der Waals surface area contributed by atoms with Gasteiger partial charge in [0, 0.05) is 19.4 Å². The van der Waals surface area contributed by atoms with E-state index in [1.165, 1.54) is 7.11 Å². The standard InChI is InChI=1S/C29H37NO9/c1-13(31)23-21(33)11-17-9-15-10-19-18(14-4-7-22(38-2)16(8-14)12-30-39-3)5-6-20(32)25(19)26(34)24(15)28(36)29(17,37)27(23)35/h5-6,8,12,14-15,17-20,22,24-25,28,32,35-37H,4,7,9-11H2,1-3H3/b30-12+/t14?,15-,17+,18?,19?,20?,22?,24?,25?,28?,29-/m1/s1. The van der Waals surface area contributed by atoms with Gasteiger partial charge < -0.3 is 30.0 Å². The van der Waals surface area contributed by atoms with Crippen molar-refractivity contribution in [2.24, 2.45) is 46.6 Å². The van der Waals surface area contributed by atoms with Gasteiger partial charge in [-0.2, -0.15) is 0 Å². The lowest BCUT2D eigenvalue weighted by molar-refractivity contribution is -0.196. The van der Waals surface area contributed by atoms with Crippen LogP contribution in [0.1, 0.15) is 39.0 Å². The first-order valence-corrected chi connectivity index (χ1v) is 13.6. The van der Waals surface area contributed by atoms with Crippen LogP contribution in [0.5, 0.6) is 0 Å².